The molecule has 1 aromatic carbocycles. The number of carbonyl (C=O) groups excluding carboxylic acids is 1. The van der Waals surface area contributed by atoms with Crippen molar-refractivity contribution in [2.24, 2.45) is 5.73 Å². The van der Waals surface area contributed by atoms with E-state index in [1.165, 1.54) is 0 Å². The molecule has 0 aliphatic carbocycles. The zero-order valence-corrected chi connectivity index (χ0v) is 14.7. The van der Waals surface area contributed by atoms with E-state index in [4.69, 9.17) is 26.8 Å². The number of amides is 1. The van der Waals surface area contributed by atoms with Crippen LogP contribution in [0.25, 0.3) is 0 Å². The van der Waals surface area contributed by atoms with Gasteiger partial charge in [0, 0.05) is 13.0 Å². The van der Waals surface area contributed by atoms with Crippen molar-refractivity contribution in [2.75, 3.05) is 19.8 Å². The van der Waals surface area contributed by atoms with Gasteiger partial charge in [-0.3, -0.25) is 4.79 Å². The first-order chi connectivity index (χ1) is 10.7. The molecule has 1 aliphatic heterocycles. The van der Waals surface area contributed by atoms with Crippen LogP contribution in [0.15, 0.2) is 12.1 Å². The van der Waals surface area contributed by atoms with Gasteiger partial charge in [0.05, 0.1) is 5.02 Å². The molecule has 1 aromatic rings. The van der Waals surface area contributed by atoms with Crippen LogP contribution in [-0.2, 0) is 11.3 Å². The van der Waals surface area contributed by atoms with E-state index in [2.05, 4.69) is 5.32 Å². The molecule has 0 atom stereocenters. The average molecular weight is 363 g/mol. The fraction of sp³-hybridized carbons (Fsp3) is 0.562. The summed E-state index contributed by atoms with van der Waals surface area (Å²) in [4.78, 5) is 11.8. The maximum absolute atomic E-state index is 11.8. The third-order valence-electron chi connectivity index (χ3n) is 3.50. The van der Waals surface area contributed by atoms with E-state index in [0.717, 1.165) is 37.8 Å². The van der Waals surface area contributed by atoms with Crippen LogP contribution in [0.2, 0.25) is 5.02 Å². The molecule has 0 radical (unpaired) electrons. The monoisotopic (exact) mass is 362 g/mol. The van der Waals surface area contributed by atoms with E-state index in [-0.39, 0.29) is 18.3 Å². The Labute approximate surface area is 148 Å². The second kappa shape index (κ2) is 10.6. The van der Waals surface area contributed by atoms with Crippen molar-refractivity contribution < 1.29 is 14.3 Å². The molecule has 3 N–H and O–H groups in total. The van der Waals surface area contributed by atoms with E-state index in [1.807, 2.05) is 6.07 Å². The van der Waals surface area contributed by atoms with Gasteiger partial charge in [0.25, 0.3) is 0 Å². The quantitative estimate of drug-likeness (QED) is 0.697. The Hall–Kier alpha value is -1.17. The summed E-state index contributed by atoms with van der Waals surface area (Å²) in [5.74, 6) is 1.28. The molecule has 7 heteroatoms. The highest BCUT2D eigenvalue weighted by Gasteiger charge is 2.16. The maximum atomic E-state index is 11.8. The van der Waals surface area contributed by atoms with Crippen molar-refractivity contribution in [1.82, 2.24) is 5.32 Å². The molecule has 1 amide bonds. The topological polar surface area (TPSA) is 73.6 Å². The number of unbranched alkanes of at least 4 members (excludes halogenated alkanes) is 3. The first kappa shape index (κ1) is 19.9. The third-order valence-corrected chi connectivity index (χ3v) is 3.79. The number of ether oxygens (including phenoxy) is 2. The molecule has 0 aromatic heterocycles. The second-order valence-electron chi connectivity index (χ2n) is 5.33. The summed E-state index contributed by atoms with van der Waals surface area (Å²) >= 11 is 6.17. The van der Waals surface area contributed by atoms with Crippen molar-refractivity contribution in [3.05, 3.63) is 22.7 Å². The molecular weight excluding hydrogens is 339 g/mol. The van der Waals surface area contributed by atoms with Crippen LogP contribution in [-0.4, -0.2) is 25.7 Å². The number of nitrogens with one attached hydrogen (secondary N) is 1. The van der Waals surface area contributed by atoms with Crippen LogP contribution >= 0.6 is 24.0 Å². The Kier molecular flexibility index (Phi) is 9.14. The Bertz CT molecular complexity index is 512. The molecule has 0 unspecified atom stereocenters. The van der Waals surface area contributed by atoms with Gasteiger partial charge in [0.15, 0.2) is 11.5 Å². The van der Waals surface area contributed by atoms with Gasteiger partial charge in [0.2, 0.25) is 5.91 Å². The minimum Gasteiger partial charge on any atom is -0.486 e. The minimum atomic E-state index is 0. The Balaban J connectivity index is 0.00000264. The molecule has 0 saturated heterocycles. The van der Waals surface area contributed by atoms with Gasteiger partial charge in [-0.05, 0) is 37.1 Å². The maximum Gasteiger partial charge on any atom is 0.220 e. The largest absolute Gasteiger partial charge is 0.486 e. The first-order valence-electron chi connectivity index (χ1n) is 7.75. The van der Waals surface area contributed by atoms with Crippen molar-refractivity contribution >= 4 is 29.9 Å². The molecule has 0 fully saturated rings. The SMILES string of the molecule is Cl.NCCCCCCC(=O)NCc1cc(Cl)c2c(c1)OCCO2. The van der Waals surface area contributed by atoms with Gasteiger partial charge < -0.3 is 20.5 Å². The van der Waals surface area contributed by atoms with Crippen LogP contribution in [0.5, 0.6) is 11.5 Å². The average Bonchev–Trinajstić information content (AvgIpc) is 2.53. The molecule has 23 heavy (non-hydrogen) atoms. The Morgan fingerprint density at radius 1 is 1.17 bits per heavy atom. The summed E-state index contributed by atoms with van der Waals surface area (Å²) in [6.07, 6.45) is 4.59. The Morgan fingerprint density at radius 2 is 1.91 bits per heavy atom. The lowest BCUT2D eigenvalue weighted by Gasteiger charge is -2.20. The van der Waals surface area contributed by atoms with Crippen LogP contribution in [0.3, 0.4) is 0 Å². The van der Waals surface area contributed by atoms with Gasteiger partial charge in [-0.1, -0.05) is 24.4 Å². The number of carbonyl (C=O) groups is 1. The highest BCUT2D eigenvalue weighted by Crippen LogP contribution is 2.38. The van der Waals surface area contributed by atoms with Gasteiger partial charge in [-0.2, -0.15) is 0 Å². The van der Waals surface area contributed by atoms with E-state index in [1.54, 1.807) is 6.07 Å². The van der Waals surface area contributed by atoms with E-state index < -0.39 is 0 Å². The van der Waals surface area contributed by atoms with Crippen LogP contribution in [0, 0.1) is 0 Å². The summed E-state index contributed by atoms with van der Waals surface area (Å²) in [5.41, 5.74) is 6.34. The number of hydrogen-bond acceptors (Lipinski definition) is 4. The van der Waals surface area contributed by atoms with Gasteiger partial charge in [-0.25, -0.2) is 0 Å². The molecule has 0 spiro atoms. The lowest BCUT2D eigenvalue weighted by Crippen LogP contribution is -2.22. The molecule has 5 nitrogen and oxygen atoms in total. The van der Waals surface area contributed by atoms with E-state index in [0.29, 0.717) is 42.7 Å². The van der Waals surface area contributed by atoms with Gasteiger partial charge in [-0.15, -0.1) is 12.4 Å². The normalized spacial score (nSPS) is 12.4. The highest BCUT2D eigenvalue weighted by molar-refractivity contribution is 6.32. The number of rotatable bonds is 8. The van der Waals surface area contributed by atoms with Crippen molar-refractivity contribution in [2.45, 2.75) is 38.6 Å². The zero-order chi connectivity index (χ0) is 15.8. The van der Waals surface area contributed by atoms with Crippen LogP contribution in [0.1, 0.15) is 37.7 Å². The fourth-order valence-electron chi connectivity index (χ4n) is 2.34. The fourth-order valence-corrected chi connectivity index (χ4v) is 2.63. The standard InChI is InChI=1S/C16H23ClN2O3.ClH/c17-13-9-12(10-14-16(13)22-8-7-21-14)11-19-15(20)5-3-1-2-4-6-18;/h9-10H,1-8,11,18H2,(H,19,20);1H. The van der Waals surface area contributed by atoms with E-state index in [9.17, 15) is 4.79 Å². The van der Waals surface area contributed by atoms with Crippen molar-refractivity contribution in [1.29, 1.82) is 0 Å². The summed E-state index contributed by atoms with van der Waals surface area (Å²) in [7, 11) is 0. The Morgan fingerprint density at radius 3 is 2.70 bits per heavy atom. The highest BCUT2D eigenvalue weighted by atomic mass is 35.5. The molecule has 1 heterocycles. The molecule has 2 rings (SSSR count). The van der Waals surface area contributed by atoms with Gasteiger partial charge >= 0.3 is 0 Å². The van der Waals surface area contributed by atoms with Gasteiger partial charge in [0.1, 0.15) is 13.2 Å². The van der Waals surface area contributed by atoms with Crippen LogP contribution < -0.4 is 20.5 Å². The number of nitrogens with two attached hydrogens (primary N) is 1. The molecule has 0 saturated carbocycles. The van der Waals surface area contributed by atoms with E-state index >= 15 is 0 Å². The zero-order valence-electron chi connectivity index (χ0n) is 13.1. The predicted molar refractivity (Wildman–Crippen MR) is 93.7 cm³/mol. The molecule has 0 bridgehead atoms. The lowest BCUT2D eigenvalue weighted by molar-refractivity contribution is -0.121. The smallest absolute Gasteiger partial charge is 0.220 e. The summed E-state index contributed by atoms with van der Waals surface area (Å²) in [6, 6.07) is 3.67. The molecule has 1 aliphatic rings. The number of halogens is 2. The first-order valence-corrected chi connectivity index (χ1v) is 8.13. The lowest BCUT2D eigenvalue weighted by atomic mass is 10.1. The number of fused-ring (bicyclic) bond motifs is 1. The third kappa shape index (κ3) is 6.45. The van der Waals surface area contributed by atoms with Crippen molar-refractivity contribution in [3.8, 4) is 11.5 Å². The molecule has 130 valence electrons. The predicted octanol–water partition coefficient (Wildman–Crippen LogP) is 3.06. The number of benzene rings is 1. The van der Waals surface area contributed by atoms with Crippen molar-refractivity contribution in [3.63, 3.8) is 0 Å². The number of hydrogen-bond donors (Lipinski definition) is 2. The molecular formula is C16H24Cl2N2O3. The minimum absolute atomic E-state index is 0. The summed E-state index contributed by atoms with van der Waals surface area (Å²) in [6.45, 7) is 2.18. The second-order valence-corrected chi connectivity index (χ2v) is 5.74. The summed E-state index contributed by atoms with van der Waals surface area (Å²) < 4.78 is 11.0. The summed E-state index contributed by atoms with van der Waals surface area (Å²) in [5, 5.41) is 3.42. The van der Waals surface area contributed by atoms with Crippen LogP contribution in [0.4, 0.5) is 0 Å².